The Labute approximate surface area is 170 Å². The lowest BCUT2D eigenvalue weighted by atomic mass is 10.2. The molecular formula is C20H17ClF2N2O4. The highest BCUT2D eigenvalue weighted by molar-refractivity contribution is 6.30. The zero-order valence-electron chi connectivity index (χ0n) is 15.4. The number of halogens is 3. The van der Waals surface area contributed by atoms with E-state index in [9.17, 15) is 13.6 Å². The summed E-state index contributed by atoms with van der Waals surface area (Å²) in [6, 6.07) is 10.8. The van der Waals surface area contributed by atoms with Crippen molar-refractivity contribution in [3.8, 4) is 11.4 Å². The van der Waals surface area contributed by atoms with Crippen LogP contribution in [-0.4, -0.2) is 27.5 Å². The number of benzene rings is 2. The minimum atomic E-state index is -1.17. The van der Waals surface area contributed by atoms with Crippen LogP contribution in [-0.2, 0) is 22.7 Å². The number of rotatable bonds is 8. The van der Waals surface area contributed by atoms with E-state index in [4.69, 9.17) is 26.2 Å². The molecule has 0 atom stereocenters. The molecule has 0 amide bonds. The standard InChI is InChI=1S/C20H17ClF2N2O4/c1-12-6-16(25(24-12)15-4-2-14(21)3-5-15)10-29-20-17(22)7-13(8-18(20)23)9-28-11-19(26)27/h2-8H,9-11H2,1H3,(H,26,27). The molecule has 0 bridgehead atoms. The number of aromatic nitrogens is 2. The second-order valence-corrected chi connectivity index (χ2v) is 6.67. The topological polar surface area (TPSA) is 73.6 Å². The normalized spacial score (nSPS) is 10.9. The Balaban J connectivity index is 1.75. The Morgan fingerprint density at radius 3 is 2.41 bits per heavy atom. The zero-order valence-corrected chi connectivity index (χ0v) is 16.1. The van der Waals surface area contributed by atoms with Crippen molar-refractivity contribution >= 4 is 17.6 Å². The Morgan fingerprint density at radius 2 is 1.79 bits per heavy atom. The molecule has 0 saturated carbocycles. The van der Waals surface area contributed by atoms with Crippen molar-refractivity contribution in [3.63, 3.8) is 0 Å². The quantitative estimate of drug-likeness (QED) is 0.586. The molecule has 0 aliphatic rings. The summed E-state index contributed by atoms with van der Waals surface area (Å²) in [5, 5.41) is 13.5. The number of nitrogens with zero attached hydrogens (tertiary/aromatic N) is 2. The van der Waals surface area contributed by atoms with Gasteiger partial charge in [0.25, 0.3) is 0 Å². The van der Waals surface area contributed by atoms with Crippen LogP contribution in [0.5, 0.6) is 5.75 Å². The molecule has 3 rings (SSSR count). The third kappa shape index (κ3) is 5.30. The van der Waals surface area contributed by atoms with Crippen LogP contribution < -0.4 is 4.74 Å². The maximum atomic E-state index is 14.3. The van der Waals surface area contributed by atoms with Gasteiger partial charge in [-0.3, -0.25) is 0 Å². The Kier molecular flexibility index (Phi) is 6.46. The predicted molar refractivity (Wildman–Crippen MR) is 101 cm³/mol. The summed E-state index contributed by atoms with van der Waals surface area (Å²) in [6.45, 7) is 0.883. The minimum absolute atomic E-state index is 0.119. The van der Waals surface area contributed by atoms with Crippen LogP contribution in [0.15, 0.2) is 42.5 Å². The van der Waals surface area contributed by atoms with Gasteiger partial charge >= 0.3 is 5.97 Å². The largest absolute Gasteiger partial charge is 0.481 e. The minimum Gasteiger partial charge on any atom is -0.481 e. The van der Waals surface area contributed by atoms with Crippen molar-refractivity contribution in [1.82, 2.24) is 9.78 Å². The van der Waals surface area contributed by atoms with E-state index in [1.54, 1.807) is 41.9 Å². The van der Waals surface area contributed by atoms with E-state index in [0.29, 0.717) is 16.4 Å². The summed E-state index contributed by atoms with van der Waals surface area (Å²) in [5.41, 5.74) is 2.20. The predicted octanol–water partition coefficient (Wildman–Crippen LogP) is 4.29. The third-order valence-corrected chi connectivity index (χ3v) is 4.15. The molecule has 1 heterocycles. The van der Waals surface area contributed by atoms with E-state index in [1.807, 2.05) is 0 Å². The fourth-order valence-corrected chi connectivity index (χ4v) is 2.82. The number of carboxylic acids is 1. The maximum absolute atomic E-state index is 14.3. The molecule has 0 aliphatic heterocycles. The number of aliphatic carboxylic acids is 1. The van der Waals surface area contributed by atoms with E-state index in [1.165, 1.54) is 0 Å². The van der Waals surface area contributed by atoms with Crippen LogP contribution in [0.25, 0.3) is 5.69 Å². The van der Waals surface area contributed by atoms with Gasteiger partial charge in [0.15, 0.2) is 17.4 Å². The second kappa shape index (κ2) is 9.02. The number of aryl methyl sites for hydroxylation is 1. The Bertz CT molecular complexity index is 999. The molecule has 0 fully saturated rings. The van der Waals surface area contributed by atoms with Crippen molar-refractivity contribution in [2.75, 3.05) is 6.61 Å². The molecule has 0 unspecified atom stereocenters. The first kappa shape index (κ1) is 20.8. The van der Waals surface area contributed by atoms with Crippen LogP contribution in [0.1, 0.15) is 17.0 Å². The first-order valence-electron chi connectivity index (χ1n) is 8.55. The highest BCUT2D eigenvalue weighted by Crippen LogP contribution is 2.25. The van der Waals surface area contributed by atoms with Crippen molar-refractivity contribution < 1.29 is 28.2 Å². The first-order chi connectivity index (χ1) is 13.8. The molecule has 2 aromatic carbocycles. The summed E-state index contributed by atoms with van der Waals surface area (Å²) in [7, 11) is 0. The van der Waals surface area contributed by atoms with E-state index >= 15 is 0 Å². The van der Waals surface area contributed by atoms with Gasteiger partial charge in [-0.05, 0) is 55.0 Å². The molecule has 3 aromatic rings. The molecule has 1 N–H and O–H groups in total. The Morgan fingerprint density at radius 1 is 1.14 bits per heavy atom. The molecule has 9 heteroatoms. The number of carbonyl (C=O) groups is 1. The number of hydrogen-bond donors (Lipinski definition) is 1. The summed E-state index contributed by atoms with van der Waals surface area (Å²) >= 11 is 5.90. The second-order valence-electron chi connectivity index (χ2n) is 6.23. The van der Waals surface area contributed by atoms with Crippen LogP contribution in [0.4, 0.5) is 8.78 Å². The van der Waals surface area contributed by atoms with Gasteiger partial charge in [0, 0.05) is 5.02 Å². The van der Waals surface area contributed by atoms with Gasteiger partial charge in [0.2, 0.25) is 0 Å². The summed E-state index contributed by atoms with van der Waals surface area (Å²) in [6.07, 6.45) is 0. The molecule has 6 nitrogen and oxygen atoms in total. The molecule has 1 aromatic heterocycles. The fraction of sp³-hybridized carbons (Fsp3) is 0.200. The maximum Gasteiger partial charge on any atom is 0.329 e. The third-order valence-electron chi connectivity index (χ3n) is 3.89. The fourth-order valence-electron chi connectivity index (χ4n) is 2.70. The molecule has 152 valence electrons. The smallest absolute Gasteiger partial charge is 0.329 e. The number of hydrogen-bond acceptors (Lipinski definition) is 4. The van der Waals surface area contributed by atoms with Gasteiger partial charge in [-0.25, -0.2) is 18.3 Å². The number of ether oxygens (including phenoxy) is 2. The van der Waals surface area contributed by atoms with Gasteiger partial charge in [-0.1, -0.05) is 11.6 Å². The molecule has 0 saturated heterocycles. The first-order valence-corrected chi connectivity index (χ1v) is 8.93. The lowest BCUT2D eigenvalue weighted by Gasteiger charge is -2.12. The van der Waals surface area contributed by atoms with E-state index in [-0.39, 0.29) is 18.8 Å². The highest BCUT2D eigenvalue weighted by Gasteiger charge is 2.15. The molecule has 29 heavy (non-hydrogen) atoms. The summed E-state index contributed by atoms with van der Waals surface area (Å²) < 4.78 is 40.4. The van der Waals surface area contributed by atoms with Crippen LogP contribution in [0.3, 0.4) is 0 Å². The van der Waals surface area contributed by atoms with Crippen molar-refractivity contribution in [1.29, 1.82) is 0 Å². The molecule has 0 spiro atoms. The van der Waals surface area contributed by atoms with Crippen LogP contribution in [0, 0.1) is 18.6 Å². The average molecular weight is 423 g/mol. The zero-order chi connectivity index (χ0) is 21.0. The summed E-state index contributed by atoms with van der Waals surface area (Å²) in [5.74, 6) is -3.52. The monoisotopic (exact) mass is 422 g/mol. The van der Waals surface area contributed by atoms with Gasteiger partial charge in [0.1, 0.15) is 13.2 Å². The molecule has 0 aliphatic carbocycles. The van der Waals surface area contributed by atoms with Crippen LogP contribution >= 0.6 is 11.6 Å². The molecule has 0 radical (unpaired) electrons. The van der Waals surface area contributed by atoms with Crippen molar-refractivity contribution in [3.05, 3.63) is 76.1 Å². The van der Waals surface area contributed by atoms with E-state index < -0.39 is 30.0 Å². The average Bonchev–Trinajstić information content (AvgIpc) is 3.02. The van der Waals surface area contributed by atoms with Gasteiger partial charge in [-0.2, -0.15) is 5.10 Å². The van der Waals surface area contributed by atoms with E-state index in [0.717, 1.165) is 17.8 Å². The lowest BCUT2D eigenvalue weighted by Crippen LogP contribution is -2.09. The van der Waals surface area contributed by atoms with Gasteiger partial charge in [-0.15, -0.1) is 0 Å². The van der Waals surface area contributed by atoms with Gasteiger partial charge < -0.3 is 14.6 Å². The summed E-state index contributed by atoms with van der Waals surface area (Å²) in [4.78, 5) is 10.4. The van der Waals surface area contributed by atoms with E-state index in [2.05, 4.69) is 5.10 Å². The van der Waals surface area contributed by atoms with Gasteiger partial charge in [0.05, 0.1) is 23.7 Å². The molecular weight excluding hydrogens is 406 g/mol. The number of carboxylic acid groups (broad SMARTS) is 1. The Hall–Kier alpha value is -2.97. The van der Waals surface area contributed by atoms with Crippen molar-refractivity contribution in [2.45, 2.75) is 20.1 Å². The SMILES string of the molecule is Cc1cc(COc2c(F)cc(COCC(=O)O)cc2F)n(-c2ccc(Cl)cc2)n1. The van der Waals surface area contributed by atoms with Crippen molar-refractivity contribution in [2.24, 2.45) is 0 Å². The highest BCUT2D eigenvalue weighted by atomic mass is 35.5. The van der Waals surface area contributed by atoms with Crippen LogP contribution in [0.2, 0.25) is 5.02 Å². The lowest BCUT2D eigenvalue weighted by molar-refractivity contribution is -0.142.